The third-order valence-electron chi connectivity index (χ3n) is 4.56. The van der Waals surface area contributed by atoms with Gasteiger partial charge in [0.05, 0.1) is 0 Å². The fraction of sp³-hybridized carbons (Fsp3) is 0.300. The first-order valence-electron chi connectivity index (χ1n) is 8.56. The Hall–Kier alpha value is -3.22. The largest absolute Gasteiger partial charge is 0.480 e. The molecule has 1 aromatic carbocycles. The number of hydrogen-bond acceptors (Lipinski definition) is 4. The molecule has 1 aliphatic carbocycles. The van der Waals surface area contributed by atoms with Crippen LogP contribution in [-0.4, -0.2) is 27.3 Å². The number of hydrogen-bond donors (Lipinski definition) is 2. The zero-order valence-electron chi connectivity index (χ0n) is 15.1. The predicted octanol–water partition coefficient (Wildman–Crippen LogP) is 2.34. The van der Waals surface area contributed by atoms with Crippen LogP contribution in [0.15, 0.2) is 41.2 Å². The summed E-state index contributed by atoms with van der Waals surface area (Å²) in [5.74, 6) is -1.87. The zero-order valence-corrected chi connectivity index (χ0v) is 15.1. The van der Waals surface area contributed by atoms with E-state index in [1.807, 2.05) is 13.8 Å². The summed E-state index contributed by atoms with van der Waals surface area (Å²) in [6, 6.07) is 9.70. The van der Waals surface area contributed by atoms with E-state index in [1.165, 1.54) is 6.07 Å². The van der Waals surface area contributed by atoms with E-state index in [1.54, 1.807) is 30.3 Å². The molecule has 1 amide bonds. The van der Waals surface area contributed by atoms with Gasteiger partial charge in [0.25, 0.3) is 11.5 Å². The smallest absolute Gasteiger partial charge is 0.323 e. The number of nitrogens with zero attached hydrogens (tertiary/aromatic N) is 1. The summed E-state index contributed by atoms with van der Waals surface area (Å²) in [7, 11) is 0. The summed E-state index contributed by atoms with van der Waals surface area (Å²) in [5, 5.41) is 11.7. The predicted molar refractivity (Wildman–Crippen MR) is 99.2 cm³/mol. The number of carbonyl (C=O) groups excluding carboxylic acids is 2. The molecule has 1 heterocycles. The number of carboxylic acid groups (broad SMARTS) is 1. The summed E-state index contributed by atoms with van der Waals surface area (Å²) in [6.45, 7) is 3.22. The molecule has 0 bridgehead atoms. The molecule has 27 heavy (non-hydrogen) atoms. The number of benzene rings is 1. The van der Waals surface area contributed by atoms with Crippen molar-refractivity contribution in [2.75, 3.05) is 5.32 Å². The molecule has 0 atom stereocenters. The second-order valence-corrected chi connectivity index (χ2v) is 7.46. The molecular formula is C20H20N2O5. The van der Waals surface area contributed by atoms with Crippen molar-refractivity contribution in [1.29, 1.82) is 0 Å². The van der Waals surface area contributed by atoms with Crippen molar-refractivity contribution < 1.29 is 19.5 Å². The number of carbonyl (C=O) groups is 3. The lowest BCUT2D eigenvalue weighted by Gasteiger charge is -2.32. The lowest BCUT2D eigenvalue weighted by Crippen LogP contribution is -2.37. The number of rotatable bonds is 4. The minimum absolute atomic E-state index is 0.100. The molecule has 0 saturated carbocycles. The average molecular weight is 368 g/mol. The molecule has 0 aliphatic heterocycles. The number of aromatic nitrogens is 1. The SMILES string of the molecule is CC1(C)CC(=O)c2cc(NC(=O)c3ccccc3)c(=O)n(CC(=O)O)c2C1. The van der Waals surface area contributed by atoms with Gasteiger partial charge >= 0.3 is 5.97 Å². The fourth-order valence-electron chi connectivity index (χ4n) is 3.36. The third-order valence-corrected chi connectivity index (χ3v) is 4.56. The first-order valence-corrected chi connectivity index (χ1v) is 8.56. The van der Waals surface area contributed by atoms with E-state index >= 15 is 0 Å². The Morgan fingerprint density at radius 3 is 2.44 bits per heavy atom. The van der Waals surface area contributed by atoms with E-state index in [0.717, 1.165) is 4.57 Å². The number of aliphatic carboxylic acids is 1. The first-order chi connectivity index (χ1) is 12.7. The highest BCUT2D eigenvalue weighted by atomic mass is 16.4. The second kappa shape index (κ2) is 6.83. The van der Waals surface area contributed by atoms with Crippen molar-refractivity contribution >= 4 is 23.3 Å². The van der Waals surface area contributed by atoms with Crippen molar-refractivity contribution in [2.24, 2.45) is 5.41 Å². The van der Waals surface area contributed by atoms with Crippen LogP contribution in [0.25, 0.3) is 0 Å². The second-order valence-electron chi connectivity index (χ2n) is 7.46. The van der Waals surface area contributed by atoms with Crippen LogP contribution < -0.4 is 10.9 Å². The van der Waals surface area contributed by atoms with Gasteiger partial charge in [0.1, 0.15) is 12.2 Å². The lowest BCUT2D eigenvalue weighted by molar-refractivity contribution is -0.137. The summed E-state index contributed by atoms with van der Waals surface area (Å²) in [6.07, 6.45) is 0.695. The van der Waals surface area contributed by atoms with Gasteiger partial charge in [0.15, 0.2) is 5.78 Å². The van der Waals surface area contributed by atoms with Crippen LogP contribution in [0.3, 0.4) is 0 Å². The number of carboxylic acids is 1. The quantitative estimate of drug-likeness (QED) is 0.862. The number of anilines is 1. The Bertz CT molecular complexity index is 989. The van der Waals surface area contributed by atoms with Crippen LogP contribution in [0.4, 0.5) is 5.69 Å². The van der Waals surface area contributed by atoms with Crippen LogP contribution >= 0.6 is 0 Å². The molecule has 0 spiro atoms. The lowest BCUT2D eigenvalue weighted by atomic mass is 9.75. The Morgan fingerprint density at radius 2 is 1.81 bits per heavy atom. The summed E-state index contributed by atoms with van der Waals surface area (Å²) < 4.78 is 1.08. The van der Waals surface area contributed by atoms with E-state index in [0.29, 0.717) is 23.2 Å². The van der Waals surface area contributed by atoms with Crippen LogP contribution in [0.1, 0.15) is 46.7 Å². The molecule has 2 aromatic rings. The molecule has 140 valence electrons. The summed E-state index contributed by atoms with van der Waals surface area (Å²) in [5.41, 5.74) is -0.0550. The van der Waals surface area contributed by atoms with Gasteiger partial charge in [-0.15, -0.1) is 0 Å². The van der Waals surface area contributed by atoms with E-state index in [-0.39, 0.29) is 23.3 Å². The normalized spacial score (nSPS) is 15.1. The molecule has 7 nitrogen and oxygen atoms in total. The van der Waals surface area contributed by atoms with Gasteiger partial charge in [-0.05, 0) is 30.0 Å². The van der Waals surface area contributed by atoms with Crippen molar-refractivity contribution in [3.8, 4) is 0 Å². The fourth-order valence-corrected chi connectivity index (χ4v) is 3.36. The molecule has 0 fully saturated rings. The molecule has 3 rings (SSSR count). The molecule has 1 aliphatic rings. The molecule has 7 heteroatoms. The van der Waals surface area contributed by atoms with E-state index in [9.17, 15) is 24.3 Å². The number of Topliss-reactive ketones (excluding diaryl/α,β-unsaturated/α-hetero) is 1. The highest BCUT2D eigenvalue weighted by molar-refractivity contribution is 6.05. The van der Waals surface area contributed by atoms with Gasteiger partial charge in [0, 0.05) is 23.2 Å². The minimum Gasteiger partial charge on any atom is -0.480 e. The van der Waals surface area contributed by atoms with Crippen LogP contribution in [0.2, 0.25) is 0 Å². The van der Waals surface area contributed by atoms with Gasteiger partial charge in [-0.1, -0.05) is 32.0 Å². The molecule has 0 radical (unpaired) electrons. The molecule has 1 aromatic heterocycles. The molecule has 2 N–H and O–H groups in total. The van der Waals surface area contributed by atoms with Crippen molar-refractivity contribution in [1.82, 2.24) is 4.57 Å². The summed E-state index contributed by atoms with van der Waals surface area (Å²) in [4.78, 5) is 49.1. The van der Waals surface area contributed by atoms with Crippen molar-refractivity contribution in [3.05, 3.63) is 63.6 Å². The van der Waals surface area contributed by atoms with Gasteiger partial charge in [0.2, 0.25) is 0 Å². The van der Waals surface area contributed by atoms with Crippen LogP contribution in [0.5, 0.6) is 0 Å². The van der Waals surface area contributed by atoms with Gasteiger partial charge < -0.3 is 10.4 Å². The standard InChI is InChI=1S/C20H20N2O5/c1-20(2)9-15-13(16(23)10-20)8-14(19(27)22(15)11-17(24)25)21-18(26)12-6-4-3-5-7-12/h3-8H,9-11H2,1-2H3,(H,21,26)(H,24,25). The third kappa shape index (κ3) is 3.81. The molecule has 0 saturated heterocycles. The molecule has 0 unspecified atom stereocenters. The zero-order chi connectivity index (χ0) is 19.8. The van der Waals surface area contributed by atoms with E-state index in [2.05, 4.69) is 5.32 Å². The topological polar surface area (TPSA) is 105 Å². The molecular weight excluding hydrogens is 348 g/mol. The number of amides is 1. The number of ketones is 1. The average Bonchev–Trinajstić information content (AvgIpc) is 2.59. The first kappa shape index (κ1) is 18.6. The van der Waals surface area contributed by atoms with Crippen LogP contribution in [-0.2, 0) is 17.8 Å². The van der Waals surface area contributed by atoms with Gasteiger partial charge in [-0.25, -0.2) is 0 Å². The Labute approximate surface area is 155 Å². The Morgan fingerprint density at radius 1 is 1.15 bits per heavy atom. The van der Waals surface area contributed by atoms with Gasteiger partial charge in [-0.2, -0.15) is 0 Å². The number of nitrogens with one attached hydrogen (secondary N) is 1. The van der Waals surface area contributed by atoms with Crippen LogP contribution in [0, 0.1) is 5.41 Å². The van der Waals surface area contributed by atoms with Crippen molar-refractivity contribution in [2.45, 2.75) is 33.2 Å². The van der Waals surface area contributed by atoms with E-state index < -0.39 is 24.0 Å². The number of pyridine rings is 1. The number of fused-ring (bicyclic) bond motifs is 1. The van der Waals surface area contributed by atoms with Gasteiger partial charge in [-0.3, -0.25) is 23.7 Å². The minimum atomic E-state index is -1.19. The highest BCUT2D eigenvalue weighted by Gasteiger charge is 2.34. The van der Waals surface area contributed by atoms with Crippen molar-refractivity contribution in [3.63, 3.8) is 0 Å². The highest BCUT2D eigenvalue weighted by Crippen LogP contribution is 2.34. The maximum atomic E-state index is 12.8. The maximum absolute atomic E-state index is 12.8. The Kier molecular flexibility index (Phi) is 4.70. The Balaban J connectivity index is 2.10. The summed E-state index contributed by atoms with van der Waals surface area (Å²) >= 11 is 0. The maximum Gasteiger partial charge on any atom is 0.323 e. The van der Waals surface area contributed by atoms with E-state index in [4.69, 9.17) is 0 Å². The monoisotopic (exact) mass is 368 g/mol.